The second-order valence-electron chi connectivity index (χ2n) is 23.6. The van der Waals surface area contributed by atoms with Crippen LogP contribution in [0.4, 0.5) is 0 Å². The van der Waals surface area contributed by atoms with Crippen LogP contribution >= 0.6 is 17.0 Å². The van der Waals surface area contributed by atoms with Gasteiger partial charge in [0.2, 0.25) is 0 Å². The van der Waals surface area contributed by atoms with E-state index < -0.39 is 21.5 Å². The number of fused-ring (bicyclic) bond motifs is 2. The van der Waals surface area contributed by atoms with Crippen LogP contribution in [0.5, 0.6) is 0 Å². The number of rotatable bonds is 10. The van der Waals surface area contributed by atoms with Crippen LogP contribution < -0.4 is 0 Å². The fourth-order valence-electron chi connectivity index (χ4n) is 18.4. The maximum absolute atomic E-state index is 9.13. The van der Waals surface area contributed by atoms with Crippen molar-refractivity contribution in [3.05, 3.63) is 128 Å². The molecule has 0 aromatic heterocycles. The molecule has 14 rings (SSSR count). The van der Waals surface area contributed by atoms with Gasteiger partial charge in [-0.05, 0) is 0 Å². The maximum atomic E-state index is 9.13. The van der Waals surface area contributed by atoms with Crippen molar-refractivity contribution in [3.63, 3.8) is 0 Å². The van der Waals surface area contributed by atoms with Crippen molar-refractivity contribution < 1.29 is 15.6 Å². The van der Waals surface area contributed by atoms with Crippen molar-refractivity contribution in [2.45, 2.75) is 155 Å². The van der Waals surface area contributed by atoms with Gasteiger partial charge in [-0.15, -0.1) is 0 Å². The second kappa shape index (κ2) is 15.0. The van der Waals surface area contributed by atoms with E-state index in [1.807, 2.05) is 0 Å². The van der Waals surface area contributed by atoms with Crippen LogP contribution in [0.25, 0.3) is 34.4 Å². The third kappa shape index (κ3) is 6.24. The van der Waals surface area contributed by atoms with Gasteiger partial charge in [-0.3, -0.25) is 0 Å². The monoisotopic (exact) mass is 967 g/mol. The Balaban J connectivity index is 0.940. The van der Waals surface area contributed by atoms with E-state index >= 15 is 0 Å². The van der Waals surface area contributed by atoms with E-state index in [2.05, 4.69) is 126 Å². The van der Waals surface area contributed by atoms with E-state index in [4.69, 9.17) is 17.0 Å². The molecule has 0 radical (unpaired) electrons. The SMILES string of the molecule is CCC1=Cc2c(-c3ccc(C45CC6CC(CC(C6)C4)C5)cc3)ccc(C)c2[CH]1[Zr]([Cl])([Cl])([CH]1C(C)=Cc2c(-c3ccc(C45CC6CC(CC(C6)C4)C5)cc3)ccc(C)c21)[SiH](CC)CC. The van der Waals surface area contributed by atoms with Crippen molar-refractivity contribution in [2.75, 3.05) is 0 Å². The number of hydrogen-bond donors (Lipinski definition) is 0. The summed E-state index contributed by atoms with van der Waals surface area (Å²) in [5.74, 6) is 4.05. The summed E-state index contributed by atoms with van der Waals surface area (Å²) in [6, 6.07) is 32.0. The van der Waals surface area contributed by atoms with Crippen LogP contribution in [-0.4, -0.2) is 5.92 Å². The topological polar surface area (TPSA) is 0 Å². The Bertz CT molecular complexity index is 2500. The molecule has 0 spiro atoms. The van der Waals surface area contributed by atoms with E-state index in [1.54, 1.807) is 11.1 Å². The van der Waals surface area contributed by atoms with Crippen LogP contribution in [0.3, 0.4) is 0 Å². The summed E-state index contributed by atoms with van der Waals surface area (Å²) in [5.41, 5.74) is 20.9. The zero-order valence-corrected chi connectivity index (χ0v) is 44.3. The first-order chi connectivity index (χ1) is 30.3. The van der Waals surface area contributed by atoms with Gasteiger partial charge in [0.15, 0.2) is 0 Å². The van der Waals surface area contributed by atoms with E-state index in [0.29, 0.717) is 10.8 Å². The van der Waals surface area contributed by atoms with Crippen molar-refractivity contribution in [3.8, 4) is 22.3 Å². The molecule has 4 aromatic rings. The molecular weight excluding hydrogens is 899 g/mol. The molecule has 10 aliphatic carbocycles. The molecule has 8 bridgehead atoms. The first-order valence-corrected chi connectivity index (χ1v) is 41.4. The molecule has 8 saturated carbocycles. The zero-order valence-electron chi connectivity index (χ0n) is 39.1. The summed E-state index contributed by atoms with van der Waals surface area (Å²) < 4.78 is 0.237. The Hall–Kier alpha value is -1.96. The van der Waals surface area contributed by atoms with Gasteiger partial charge in [0.05, 0.1) is 0 Å². The van der Waals surface area contributed by atoms with E-state index in [9.17, 15) is 0 Å². The van der Waals surface area contributed by atoms with Gasteiger partial charge in [0.1, 0.15) is 0 Å². The molecule has 2 unspecified atom stereocenters. The number of aryl methyl sites for hydroxylation is 2. The summed E-state index contributed by atoms with van der Waals surface area (Å²) in [6.45, 7) is 14.4. The van der Waals surface area contributed by atoms with Crippen LogP contribution in [0.1, 0.15) is 163 Å². The molecule has 4 heteroatoms. The molecule has 4 aromatic carbocycles. The van der Waals surface area contributed by atoms with Gasteiger partial charge in [-0.2, -0.15) is 0 Å². The van der Waals surface area contributed by atoms with Gasteiger partial charge in [0, 0.05) is 0 Å². The van der Waals surface area contributed by atoms with Crippen molar-refractivity contribution in [1.29, 1.82) is 0 Å². The molecule has 329 valence electrons. The Kier molecular flexibility index (Phi) is 10.1. The second-order valence-corrected chi connectivity index (χ2v) is 64.4. The third-order valence-corrected chi connectivity index (χ3v) is 70.1. The average molecular weight is 970 g/mol. The molecule has 0 N–H and O–H groups in total. The average Bonchev–Trinajstić information content (AvgIpc) is 3.85. The summed E-state index contributed by atoms with van der Waals surface area (Å²) in [5, 5.41) is 0. The Morgan fingerprint density at radius 2 is 0.889 bits per heavy atom. The Morgan fingerprint density at radius 1 is 0.508 bits per heavy atom. The molecule has 10 aliphatic rings. The van der Waals surface area contributed by atoms with Gasteiger partial charge in [0.25, 0.3) is 0 Å². The Labute approximate surface area is 388 Å². The minimum absolute atomic E-state index is 0.112. The Morgan fingerprint density at radius 3 is 1.27 bits per heavy atom. The molecule has 63 heavy (non-hydrogen) atoms. The molecular formula is C59H71Cl2SiZr. The predicted octanol–water partition coefficient (Wildman–Crippen LogP) is 17.3. The molecule has 0 nitrogen and oxygen atoms in total. The van der Waals surface area contributed by atoms with Crippen LogP contribution in [0, 0.1) is 49.4 Å². The van der Waals surface area contributed by atoms with Crippen molar-refractivity contribution >= 4 is 35.1 Å². The van der Waals surface area contributed by atoms with E-state index in [-0.39, 0.29) is 7.25 Å². The summed E-state index contributed by atoms with van der Waals surface area (Å²) in [7, 11) is 18.3. The quantitative estimate of drug-likeness (QED) is 0.139. The van der Waals surface area contributed by atoms with Crippen LogP contribution in [0.15, 0.2) is 83.9 Å². The summed E-state index contributed by atoms with van der Waals surface area (Å²) in [6.07, 6.45) is 23.6. The summed E-state index contributed by atoms with van der Waals surface area (Å²) >= 11 is -5.01. The molecule has 0 aliphatic heterocycles. The van der Waals surface area contributed by atoms with Gasteiger partial charge >= 0.3 is 392 Å². The first kappa shape index (κ1) is 42.4. The predicted molar refractivity (Wildman–Crippen MR) is 270 cm³/mol. The van der Waals surface area contributed by atoms with Crippen molar-refractivity contribution in [2.24, 2.45) is 35.5 Å². The summed E-state index contributed by atoms with van der Waals surface area (Å²) in [4.78, 5) is 0. The normalized spacial score (nSPS) is 34.0. The zero-order chi connectivity index (χ0) is 43.2. The third-order valence-electron chi connectivity index (χ3n) is 20.1. The number of halogens is 2. The van der Waals surface area contributed by atoms with Gasteiger partial charge < -0.3 is 0 Å². The fraction of sp³-hybridized carbons (Fsp3) is 0.525. The minimum atomic E-state index is -5.01. The number of benzene rings is 4. The first-order valence-electron chi connectivity index (χ1n) is 25.8. The fourth-order valence-corrected chi connectivity index (χ4v) is 72.1. The van der Waals surface area contributed by atoms with Gasteiger partial charge in [-0.25, -0.2) is 0 Å². The number of allylic oxidation sites excluding steroid dienone is 2. The van der Waals surface area contributed by atoms with Crippen LogP contribution in [0.2, 0.25) is 12.1 Å². The standard InChI is InChI=1S/C28H31.C27H29.C4H11Si.2ClH.Zr/c1-3-19-13-26-18(2)4-9-25(27(26)14-19)23-5-7-24(8-6-23)28-15-20-10-21(16-28)12-22(11-20)17-28;1-17-9-25-18(2)3-8-24(26(25)10-17)22-4-6-23(7-5-22)27-14-19-11-20(15-27)13-21(12-19)16-27;1-3-5-4-2;;;/h4-9,13-14,20-22H,3,10-12,15-17H2,1-2H3;3-10,19-21H,11-16H2,1-2H3;5H,3-4H2,1-2H3;2*1H;/q;;;;;+2/p-2. The van der Waals surface area contributed by atoms with Crippen LogP contribution in [-0.2, 0) is 26.4 Å². The molecule has 8 fully saturated rings. The number of hydrogen-bond acceptors (Lipinski definition) is 0. The molecule has 2 atom stereocenters. The van der Waals surface area contributed by atoms with Crippen molar-refractivity contribution in [1.82, 2.24) is 0 Å². The van der Waals surface area contributed by atoms with E-state index in [0.717, 1.165) is 54.0 Å². The van der Waals surface area contributed by atoms with E-state index in [1.165, 1.54) is 144 Å². The molecule has 0 heterocycles. The molecule has 0 saturated heterocycles. The molecule has 0 amide bonds. The van der Waals surface area contributed by atoms with Gasteiger partial charge in [-0.1, -0.05) is 0 Å².